The molecule has 1 amide bonds. The van der Waals surface area contributed by atoms with Crippen molar-refractivity contribution >= 4 is 15.9 Å². The molecule has 0 fully saturated rings. The van der Waals surface area contributed by atoms with Gasteiger partial charge >= 0.3 is 0 Å². The van der Waals surface area contributed by atoms with Gasteiger partial charge in [0.2, 0.25) is 10.0 Å². The van der Waals surface area contributed by atoms with E-state index in [9.17, 15) is 13.2 Å². The Morgan fingerprint density at radius 1 is 1.03 bits per heavy atom. The first-order valence-corrected chi connectivity index (χ1v) is 11.0. The summed E-state index contributed by atoms with van der Waals surface area (Å²) in [5.41, 5.74) is 0.721. The van der Waals surface area contributed by atoms with Gasteiger partial charge in [-0.25, -0.2) is 13.1 Å². The second kappa shape index (κ2) is 10.8. The highest BCUT2D eigenvalue weighted by Gasteiger charge is 2.16. The molecule has 0 spiro atoms. The van der Waals surface area contributed by atoms with E-state index in [2.05, 4.69) is 10.0 Å². The van der Waals surface area contributed by atoms with Gasteiger partial charge in [0.15, 0.2) is 6.61 Å². The molecule has 0 aromatic heterocycles. The number of benzene rings is 2. The molecule has 164 valence electrons. The predicted molar refractivity (Wildman–Crippen MR) is 113 cm³/mol. The van der Waals surface area contributed by atoms with Crippen LogP contribution in [0.25, 0.3) is 0 Å². The van der Waals surface area contributed by atoms with Gasteiger partial charge in [0.05, 0.1) is 31.2 Å². The fraction of sp³-hybridized carbons (Fsp3) is 0.381. The van der Waals surface area contributed by atoms with Crippen LogP contribution in [0, 0.1) is 0 Å². The van der Waals surface area contributed by atoms with Crippen LogP contribution in [0.5, 0.6) is 17.2 Å². The molecular formula is C21H28N2O6S. The molecule has 2 N–H and O–H groups in total. The monoisotopic (exact) mass is 436 g/mol. The molecule has 2 aromatic rings. The third-order valence-corrected chi connectivity index (χ3v) is 6.07. The normalized spacial score (nSPS) is 12.1. The number of ether oxygens (including phenoxy) is 3. The van der Waals surface area contributed by atoms with E-state index < -0.39 is 10.0 Å². The van der Waals surface area contributed by atoms with Gasteiger partial charge in [0.25, 0.3) is 5.91 Å². The van der Waals surface area contributed by atoms with Gasteiger partial charge in [-0.2, -0.15) is 0 Å². The van der Waals surface area contributed by atoms with Crippen molar-refractivity contribution in [3.8, 4) is 17.2 Å². The Balaban J connectivity index is 1.91. The van der Waals surface area contributed by atoms with E-state index in [1.807, 2.05) is 6.92 Å². The number of hydrogen-bond acceptors (Lipinski definition) is 6. The number of carbonyl (C=O) groups is 1. The first kappa shape index (κ1) is 23.5. The summed E-state index contributed by atoms with van der Waals surface area (Å²) in [5, 5.41) is 2.75. The van der Waals surface area contributed by atoms with Crippen molar-refractivity contribution in [2.45, 2.75) is 37.8 Å². The molecule has 0 saturated heterocycles. The van der Waals surface area contributed by atoms with E-state index in [4.69, 9.17) is 14.2 Å². The lowest BCUT2D eigenvalue weighted by Gasteiger charge is -2.14. The second-order valence-electron chi connectivity index (χ2n) is 6.61. The maximum Gasteiger partial charge on any atom is 0.258 e. The van der Waals surface area contributed by atoms with E-state index >= 15 is 0 Å². The lowest BCUT2D eigenvalue weighted by molar-refractivity contribution is -0.123. The minimum atomic E-state index is -3.58. The summed E-state index contributed by atoms with van der Waals surface area (Å²) in [6, 6.07) is 11.1. The average Bonchev–Trinajstić information content (AvgIpc) is 2.75. The van der Waals surface area contributed by atoms with Crippen molar-refractivity contribution in [2.24, 2.45) is 0 Å². The zero-order valence-electron chi connectivity index (χ0n) is 17.6. The van der Waals surface area contributed by atoms with Crippen LogP contribution in [0.3, 0.4) is 0 Å². The van der Waals surface area contributed by atoms with Gasteiger partial charge in [-0.05, 0) is 49.7 Å². The molecule has 0 heterocycles. The molecule has 0 unspecified atom stereocenters. The van der Waals surface area contributed by atoms with Gasteiger partial charge in [0, 0.05) is 6.04 Å². The van der Waals surface area contributed by atoms with E-state index in [0.29, 0.717) is 23.7 Å². The zero-order chi connectivity index (χ0) is 22.1. The Labute approximate surface area is 177 Å². The van der Waals surface area contributed by atoms with E-state index in [1.54, 1.807) is 39.3 Å². The zero-order valence-corrected chi connectivity index (χ0v) is 18.4. The Kier molecular flexibility index (Phi) is 8.49. The van der Waals surface area contributed by atoms with Crippen LogP contribution in [0.2, 0.25) is 0 Å². The van der Waals surface area contributed by atoms with Crippen molar-refractivity contribution in [1.82, 2.24) is 10.0 Å². The number of hydrogen-bond donors (Lipinski definition) is 2. The fourth-order valence-electron chi connectivity index (χ4n) is 2.62. The van der Waals surface area contributed by atoms with Gasteiger partial charge in [-0.3, -0.25) is 4.79 Å². The summed E-state index contributed by atoms with van der Waals surface area (Å²) in [5.74, 6) is 1.28. The van der Waals surface area contributed by atoms with Crippen LogP contribution in [0.1, 0.15) is 25.8 Å². The Morgan fingerprint density at radius 3 is 2.17 bits per heavy atom. The lowest BCUT2D eigenvalue weighted by Crippen LogP contribution is -2.32. The van der Waals surface area contributed by atoms with Crippen LogP contribution < -0.4 is 24.2 Å². The predicted octanol–water partition coefficient (Wildman–Crippen LogP) is 2.48. The molecule has 9 heteroatoms. The van der Waals surface area contributed by atoms with Crippen molar-refractivity contribution in [1.29, 1.82) is 0 Å². The molecule has 0 aliphatic rings. The number of amides is 1. The smallest absolute Gasteiger partial charge is 0.258 e. The molecule has 0 aliphatic heterocycles. The standard InChI is InChI=1S/C21H28N2O6S/c1-5-15(2)23-30(25,26)17-11-9-16(10-12-17)29-14-21(24)22-13-18-19(27-3)7-6-8-20(18)28-4/h6-12,15,23H,5,13-14H2,1-4H3,(H,22,24)/t15-/m0/s1. The summed E-state index contributed by atoms with van der Waals surface area (Å²) < 4.78 is 43.2. The summed E-state index contributed by atoms with van der Waals surface area (Å²) >= 11 is 0. The van der Waals surface area contributed by atoms with Crippen molar-refractivity contribution in [3.05, 3.63) is 48.0 Å². The number of methoxy groups -OCH3 is 2. The van der Waals surface area contributed by atoms with Crippen molar-refractivity contribution in [2.75, 3.05) is 20.8 Å². The van der Waals surface area contributed by atoms with Crippen LogP contribution in [0.15, 0.2) is 47.4 Å². The highest BCUT2D eigenvalue weighted by Crippen LogP contribution is 2.27. The molecule has 0 bridgehead atoms. The number of rotatable bonds is 11. The van der Waals surface area contributed by atoms with Gasteiger partial charge in [0.1, 0.15) is 17.2 Å². The molecule has 1 atom stereocenters. The molecule has 30 heavy (non-hydrogen) atoms. The molecule has 0 aliphatic carbocycles. The maximum atomic E-state index is 12.3. The fourth-order valence-corrected chi connectivity index (χ4v) is 3.95. The molecule has 0 saturated carbocycles. The highest BCUT2D eigenvalue weighted by molar-refractivity contribution is 7.89. The highest BCUT2D eigenvalue weighted by atomic mass is 32.2. The number of carbonyl (C=O) groups excluding carboxylic acids is 1. The third kappa shape index (κ3) is 6.36. The van der Waals surface area contributed by atoms with Gasteiger partial charge < -0.3 is 19.5 Å². The first-order chi connectivity index (χ1) is 14.3. The Hall–Kier alpha value is -2.78. The minimum Gasteiger partial charge on any atom is -0.496 e. The topological polar surface area (TPSA) is 103 Å². The van der Waals surface area contributed by atoms with Crippen LogP contribution >= 0.6 is 0 Å². The molecule has 2 aromatic carbocycles. The maximum absolute atomic E-state index is 12.3. The van der Waals surface area contributed by atoms with E-state index in [0.717, 1.165) is 5.56 Å². The second-order valence-corrected chi connectivity index (χ2v) is 8.32. The lowest BCUT2D eigenvalue weighted by atomic mass is 10.1. The molecule has 8 nitrogen and oxygen atoms in total. The average molecular weight is 437 g/mol. The number of nitrogens with one attached hydrogen (secondary N) is 2. The third-order valence-electron chi connectivity index (χ3n) is 4.46. The number of sulfonamides is 1. The summed E-state index contributed by atoms with van der Waals surface area (Å²) in [7, 11) is -0.487. The van der Waals surface area contributed by atoms with Gasteiger partial charge in [-0.1, -0.05) is 13.0 Å². The quantitative estimate of drug-likeness (QED) is 0.561. The summed E-state index contributed by atoms with van der Waals surface area (Å²) in [4.78, 5) is 12.3. The van der Waals surface area contributed by atoms with Crippen molar-refractivity contribution in [3.63, 3.8) is 0 Å². The summed E-state index contributed by atoms with van der Waals surface area (Å²) in [6.07, 6.45) is 0.691. The first-order valence-electron chi connectivity index (χ1n) is 9.52. The Bertz CT molecular complexity index is 922. The van der Waals surface area contributed by atoms with Crippen molar-refractivity contribution < 1.29 is 27.4 Å². The molecule has 0 radical (unpaired) electrons. The van der Waals surface area contributed by atoms with Crippen LogP contribution in [-0.4, -0.2) is 41.2 Å². The molecule has 2 rings (SSSR count). The largest absolute Gasteiger partial charge is 0.496 e. The van der Waals surface area contributed by atoms with E-state index in [-0.39, 0.29) is 30.0 Å². The SMILES string of the molecule is CC[C@H](C)NS(=O)(=O)c1ccc(OCC(=O)NCc2c(OC)cccc2OC)cc1. The van der Waals surface area contributed by atoms with Crippen LogP contribution in [-0.2, 0) is 21.4 Å². The minimum absolute atomic E-state index is 0.142. The Morgan fingerprint density at radius 2 is 1.63 bits per heavy atom. The summed E-state index contributed by atoms with van der Waals surface area (Å²) in [6.45, 7) is 3.70. The van der Waals surface area contributed by atoms with Crippen LogP contribution in [0.4, 0.5) is 0 Å². The van der Waals surface area contributed by atoms with Gasteiger partial charge in [-0.15, -0.1) is 0 Å². The molecular weight excluding hydrogens is 408 g/mol. The van der Waals surface area contributed by atoms with E-state index in [1.165, 1.54) is 24.3 Å².